The van der Waals surface area contributed by atoms with Crippen molar-refractivity contribution in [2.45, 2.75) is 27.3 Å². The van der Waals surface area contributed by atoms with Crippen molar-refractivity contribution in [3.8, 4) is 0 Å². The number of nitrogens with one attached hydrogen (secondary N) is 1. The van der Waals surface area contributed by atoms with Gasteiger partial charge in [0.15, 0.2) is 11.5 Å². The highest BCUT2D eigenvalue weighted by atomic mass is 16.4. The van der Waals surface area contributed by atoms with Crippen LogP contribution in [0.5, 0.6) is 0 Å². The summed E-state index contributed by atoms with van der Waals surface area (Å²) in [6.07, 6.45) is 0. The Morgan fingerprint density at radius 2 is 1.84 bits per heavy atom. The zero-order valence-electron chi connectivity index (χ0n) is 14.4. The number of benzene rings is 1. The molecule has 3 aromatic rings. The Morgan fingerprint density at radius 1 is 1.12 bits per heavy atom. The molecule has 0 atom stereocenters. The SMILES string of the molecule is CC(=O)c1ccc(NC(=O)c2ccc(Cn3nc(C)cc3C)o2)cc1. The first-order valence-corrected chi connectivity index (χ1v) is 7.94. The number of aryl methyl sites for hydroxylation is 2. The average Bonchev–Trinajstić information content (AvgIpc) is 3.15. The number of anilines is 1. The lowest BCUT2D eigenvalue weighted by Gasteiger charge is -2.04. The van der Waals surface area contributed by atoms with Crippen molar-refractivity contribution in [3.05, 3.63) is 70.9 Å². The summed E-state index contributed by atoms with van der Waals surface area (Å²) in [5.41, 5.74) is 3.18. The Balaban J connectivity index is 1.68. The fourth-order valence-electron chi connectivity index (χ4n) is 2.55. The number of carbonyl (C=O) groups is 2. The zero-order chi connectivity index (χ0) is 18.0. The fourth-order valence-corrected chi connectivity index (χ4v) is 2.55. The Morgan fingerprint density at radius 3 is 2.44 bits per heavy atom. The van der Waals surface area contributed by atoms with Gasteiger partial charge in [0.1, 0.15) is 5.76 Å². The van der Waals surface area contributed by atoms with Gasteiger partial charge in [0.05, 0.1) is 12.2 Å². The van der Waals surface area contributed by atoms with Crippen LogP contribution in [0.4, 0.5) is 5.69 Å². The number of Topliss-reactive ketones (excluding diaryl/α,β-unsaturated/α-hetero) is 1. The molecule has 1 aromatic carbocycles. The second-order valence-corrected chi connectivity index (χ2v) is 5.94. The van der Waals surface area contributed by atoms with E-state index in [0.717, 1.165) is 11.4 Å². The van der Waals surface area contributed by atoms with Gasteiger partial charge in [-0.2, -0.15) is 5.10 Å². The maximum atomic E-state index is 12.3. The highest BCUT2D eigenvalue weighted by molar-refractivity contribution is 6.02. The number of hydrogen-bond acceptors (Lipinski definition) is 4. The summed E-state index contributed by atoms with van der Waals surface area (Å²) in [6.45, 7) is 5.88. The topological polar surface area (TPSA) is 77.1 Å². The van der Waals surface area contributed by atoms with Crippen LogP contribution in [0.15, 0.2) is 46.9 Å². The molecule has 0 aliphatic heterocycles. The van der Waals surface area contributed by atoms with Gasteiger partial charge in [0.25, 0.3) is 5.91 Å². The molecule has 1 amide bonds. The van der Waals surface area contributed by atoms with Crippen LogP contribution < -0.4 is 5.32 Å². The Kier molecular flexibility index (Phi) is 4.52. The van der Waals surface area contributed by atoms with Crippen LogP contribution >= 0.6 is 0 Å². The smallest absolute Gasteiger partial charge is 0.291 e. The minimum absolute atomic E-state index is 0.0160. The normalized spacial score (nSPS) is 10.7. The molecule has 6 heteroatoms. The van der Waals surface area contributed by atoms with Gasteiger partial charge >= 0.3 is 0 Å². The lowest BCUT2D eigenvalue weighted by atomic mass is 10.1. The molecule has 128 valence electrons. The van der Waals surface area contributed by atoms with E-state index in [1.54, 1.807) is 36.4 Å². The first kappa shape index (κ1) is 16.7. The van der Waals surface area contributed by atoms with Gasteiger partial charge in [0.2, 0.25) is 0 Å². The lowest BCUT2D eigenvalue weighted by molar-refractivity contribution is 0.0992. The Labute approximate surface area is 145 Å². The molecule has 25 heavy (non-hydrogen) atoms. The Bertz CT molecular complexity index is 920. The molecule has 0 bridgehead atoms. The number of hydrogen-bond donors (Lipinski definition) is 1. The predicted molar refractivity (Wildman–Crippen MR) is 93.9 cm³/mol. The van der Waals surface area contributed by atoms with Crippen molar-refractivity contribution in [3.63, 3.8) is 0 Å². The molecule has 0 saturated heterocycles. The molecule has 0 aliphatic carbocycles. The molecule has 6 nitrogen and oxygen atoms in total. The van der Waals surface area contributed by atoms with E-state index in [2.05, 4.69) is 10.4 Å². The van der Waals surface area contributed by atoms with Crippen LogP contribution in [0.2, 0.25) is 0 Å². The predicted octanol–water partition coefficient (Wildman–Crippen LogP) is 3.60. The van der Waals surface area contributed by atoms with E-state index >= 15 is 0 Å². The summed E-state index contributed by atoms with van der Waals surface area (Å²) in [7, 11) is 0. The molecular weight excluding hydrogens is 318 g/mol. The van der Waals surface area contributed by atoms with Gasteiger partial charge < -0.3 is 9.73 Å². The third-order valence-electron chi connectivity index (χ3n) is 3.84. The minimum atomic E-state index is -0.338. The van der Waals surface area contributed by atoms with Gasteiger partial charge in [-0.15, -0.1) is 0 Å². The van der Waals surface area contributed by atoms with Crippen molar-refractivity contribution in [1.82, 2.24) is 9.78 Å². The first-order chi connectivity index (χ1) is 11.9. The summed E-state index contributed by atoms with van der Waals surface area (Å²) < 4.78 is 7.45. The number of carbonyl (C=O) groups excluding carboxylic acids is 2. The van der Waals surface area contributed by atoms with E-state index in [4.69, 9.17) is 4.42 Å². The molecule has 0 fully saturated rings. The van der Waals surface area contributed by atoms with Crippen LogP contribution in [-0.2, 0) is 6.54 Å². The van der Waals surface area contributed by atoms with Gasteiger partial charge in [-0.3, -0.25) is 14.3 Å². The maximum absolute atomic E-state index is 12.3. The molecule has 2 heterocycles. The van der Waals surface area contributed by atoms with Gasteiger partial charge in [-0.05, 0) is 63.2 Å². The van der Waals surface area contributed by atoms with Crippen molar-refractivity contribution in [2.75, 3.05) is 5.32 Å². The molecule has 0 unspecified atom stereocenters. The average molecular weight is 337 g/mol. The lowest BCUT2D eigenvalue weighted by Crippen LogP contribution is -2.11. The summed E-state index contributed by atoms with van der Waals surface area (Å²) >= 11 is 0. The number of furan rings is 1. The van der Waals surface area contributed by atoms with Crippen LogP contribution in [0.1, 0.15) is 45.0 Å². The molecule has 3 rings (SSSR count). The van der Waals surface area contributed by atoms with Crippen molar-refractivity contribution in [2.24, 2.45) is 0 Å². The summed E-state index contributed by atoms with van der Waals surface area (Å²) in [5, 5.41) is 7.13. The zero-order valence-corrected chi connectivity index (χ0v) is 14.4. The standard InChI is InChI=1S/C19H19N3O3/c1-12-10-13(2)22(21-12)11-17-8-9-18(25-17)19(24)20-16-6-4-15(5-7-16)14(3)23/h4-10H,11H2,1-3H3,(H,20,24). The quantitative estimate of drug-likeness (QED) is 0.722. The molecule has 0 spiro atoms. The molecule has 1 N–H and O–H groups in total. The van der Waals surface area contributed by atoms with E-state index in [1.807, 2.05) is 24.6 Å². The van der Waals surface area contributed by atoms with Gasteiger partial charge in [-0.1, -0.05) is 0 Å². The van der Waals surface area contributed by atoms with Crippen LogP contribution in [0, 0.1) is 13.8 Å². The summed E-state index contributed by atoms with van der Waals surface area (Å²) in [4.78, 5) is 23.5. The van der Waals surface area contributed by atoms with E-state index < -0.39 is 0 Å². The Hall–Kier alpha value is -3.15. The number of rotatable bonds is 5. The monoisotopic (exact) mass is 337 g/mol. The molecule has 0 saturated carbocycles. The van der Waals surface area contributed by atoms with Crippen LogP contribution in [0.3, 0.4) is 0 Å². The minimum Gasteiger partial charge on any atom is -0.454 e. The molecule has 0 radical (unpaired) electrons. The number of nitrogens with zero attached hydrogens (tertiary/aromatic N) is 2. The van der Waals surface area contributed by atoms with E-state index in [0.29, 0.717) is 23.6 Å². The summed E-state index contributed by atoms with van der Waals surface area (Å²) in [5.74, 6) is 0.531. The van der Waals surface area contributed by atoms with Crippen LogP contribution in [0.25, 0.3) is 0 Å². The van der Waals surface area contributed by atoms with E-state index in [1.165, 1.54) is 6.92 Å². The van der Waals surface area contributed by atoms with Gasteiger partial charge in [0, 0.05) is 16.9 Å². The highest BCUT2D eigenvalue weighted by Gasteiger charge is 2.13. The van der Waals surface area contributed by atoms with Crippen molar-refractivity contribution in [1.29, 1.82) is 0 Å². The maximum Gasteiger partial charge on any atom is 0.291 e. The van der Waals surface area contributed by atoms with E-state index in [-0.39, 0.29) is 17.5 Å². The number of aromatic nitrogens is 2. The second kappa shape index (κ2) is 6.76. The third-order valence-corrected chi connectivity index (χ3v) is 3.84. The van der Waals surface area contributed by atoms with Crippen molar-refractivity contribution < 1.29 is 14.0 Å². The molecule has 2 aromatic heterocycles. The number of amides is 1. The van der Waals surface area contributed by atoms with E-state index in [9.17, 15) is 9.59 Å². The second-order valence-electron chi connectivity index (χ2n) is 5.94. The van der Waals surface area contributed by atoms with Crippen molar-refractivity contribution >= 4 is 17.4 Å². The molecular formula is C19H19N3O3. The largest absolute Gasteiger partial charge is 0.454 e. The first-order valence-electron chi connectivity index (χ1n) is 7.94. The molecule has 0 aliphatic rings. The van der Waals surface area contributed by atoms with Gasteiger partial charge in [-0.25, -0.2) is 0 Å². The third kappa shape index (κ3) is 3.85. The fraction of sp³-hybridized carbons (Fsp3) is 0.211. The highest BCUT2D eigenvalue weighted by Crippen LogP contribution is 2.15. The number of ketones is 1. The van der Waals surface area contributed by atoms with Crippen LogP contribution in [-0.4, -0.2) is 21.5 Å². The summed E-state index contributed by atoms with van der Waals surface area (Å²) in [6, 6.07) is 12.1.